The van der Waals surface area contributed by atoms with Crippen molar-refractivity contribution in [1.29, 1.82) is 5.26 Å². The van der Waals surface area contributed by atoms with E-state index in [9.17, 15) is 14.4 Å². The van der Waals surface area contributed by atoms with Crippen LogP contribution in [0.25, 0.3) is 0 Å². The summed E-state index contributed by atoms with van der Waals surface area (Å²) in [5, 5.41) is 12.4. The van der Waals surface area contributed by atoms with Crippen LogP contribution in [0.15, 0.2) is 11.3 Å². The summed E-state index contributed by atoms with van der Waals surface area (Å²) in [6.07, 6.45) is 0. The van der Waals surface area contributed by atoms with E-state index < -0.39 is 17.8 Å². The molecule has 0 aliphatic carbocycles. The Balaban J connectivity index is 4.69. The fourth-order valence-electron chi connectivity index (χ4n) is 0.935. The molecule has 0 unspecified atom stereocenters. The van der Waals surface area contributed by atoms with Crippen LogP contribution in [0.1, 0.15) is 20.8 Å². The lowest BCUT2D eigenvalue weighted by Gasteiger charge is -2.06. The number of nitrogens with zero attached hydrogens (tertiary/aromatic N) is 1. The molecule has 0 aliphatic rings. The number of carbonyl (C=O) groups is 3. The second-order valence-corrected chi connectivity index (χ2v) is 2.94. The van der Waals surface area contributed by atoms with E-state index in [1.807, 2.05) is 10.6 Å². The van der Waals surface area contributed by atoms with E-state index in [0.717, 1.165) is 6.92 Å². The molecule has 7 heteroatoms. The molecule has 0 fully saturated rings. The second-order valence-electron chi connectivity index (χ2n) is 2.94. The van der Waals surface area contributed by atoms with Gasteiger partial charge in [-0.15, -0.1) is 0 Å². The number of amides is 4. The van der Waals surface area contributed by atoms with Crippen molar-refractivity contribution in [3.8, 4) is 6.07 Å². The first-order valence-electron chi connectivity index (χ1n) is 4.79. The van der Waals surface area contributed by atoms with Crippen LogP contribution < -0.4 is 10.6 Å². The Morgan fingerprint density at radius 2 is 1.82 bits per heavy atom. The van der Waals surface area contributed by atoms with Crippen molar-refractivity contribution < 1.29 is 19.1 Å². The van der Waals surface area contributed by atoms with Gasteiger partial charge in [0.15, 0.2) is 5.57 Å². The zero-order valence-electron chi connectivity index (χ0n) is 9.79. The van der Waals surface area contributed by atoms with Gasteiger partial charge in [-0.2, -0.15) is 5.26 Å². The van der Waals surface area contributed by atoms with E-state index in [2.05, 4.69) is 0 Å². The SMILES string of the molecule is CCOC(C)=C(C#N)C(=O)NC(=O)NC(C)=O. The molecule has 0 aromatic heterocycles. The third-order valence-corrected chi connectivity index (χ3v) is 1.57. The fourth-order valence-corrected chi connectivity index (χ4v) is 0.935. The number of hydrogen-bond donors (Lipinski definition) is 2. The minimum Gasteiger partial charge on any atom is -0.497 e. The van der Waals surface area contributed by atoms with Crippen molar-refractivity contribution >= 4 is 17.8 Å². The van der Waals surface area contributed by atoms with Crippen molar-refractivity contribution in [2.75, 3.05) is 6.61 Å². The van der Waals surface area contributed by atoms with Gasteiger partial charge < -0.3 is 4.74 Å². The number of ether oxygens (including phenoxy) is 1. The van der Waals surface area contributed by atoms with Gasteiger partial charge in [0.05, 0.1) is 6.61 Å². The zero-order valence-corrected chi connectivity index (χ0v) is 9.79. The van der Waals surface area contributed by atoms with Crippen molar-refractivity contribution in [2.24, 2.45) is 0 Å². The number of urea groups is 1. The van der Waals surface area contributed by atoms with Crippen molar-refractivity contribution in [3.63, 3.8) is 0 Å². The number of imide groups is 2. The lowest BCUT2D eigenvalue weighted by atomic mass is 10.2. The summed E-state index contributed by atoms with van der Waals surface area (Å²) in [6.45, 7) is 4.55. The summed E-state index contributed by atoms with van der Waals surface area (Å²) < 4.78 is 4.98. The highest BCUT2D eigenvalue weighted by atomic mass is 16.5. The second kappa shape index (κ2) is 7.00. The molecule has 0 saturated carbocycles. The van der Waals surface area contributed by atoms with Gasteiger partial charge in [-0.05, 0) is 13.8 Å². The molecule has 0 saturated heterocycles. The Kier molecular flexibility index (Phi) is 6.03. The van der Waals surface area contributed by atoms with Gasteiger partial charge in [-0.25, -0.2) is 4.79 Å². The molecule has 0 bridgehead atoms. The number of carbonyl (C=O) groups excluding carboxylic acids is 3. The molecule has 17 heavy (non-hydrogen) atoms. The Hall–Kier alpha value is -2.36. The average Bonchev–Trinajstić information content (AvgIpc) is 2.17. The highest BCUT2D eigenvalue weighted by molar-refractivity contribution is 6.09. The molecule has 0 radical (unpaired) electrons. The quantitative estimate of drug-likeness (QED) is 0.415. The van der Waals surface area contributed by atoms with Gasteiger partial charge in [0, 0.05) is 6.92 Å². The van der Waals surface area contributed by atoms with Crippen LogP contribution in [0, 0.1) is 11.3 Å². The first-order chi connectivity index (χ1) is 7.92. The molecule has 0 atom stereocenters. The molecule has 0 heterocycles. The summed E-state index contributed by atoms with van der Waals surface area (Å²) in [5.41, 5.74) is -0.314. The molecule has 0 aromatic carbocycles. The molecule has 2 N–H and O–H groups in total. The van der Waals surface area contributed by atoms with Crippen LogP contribution in [0.4, 0.5) is 4.79 Å². The van der Waals surface area contributed by atoms with E-state index in [0.29, 0.717) is 6.61 Å². The lowest BCUT2D eigenvalue weighted by molar-refractivity contribution is -0.118. The number of nitriles is 1. The van der Waals surface area contributed by atoms with Crippen LogP contribution in [0.2, 0.25) is 0 Å². The Morgan fingerprint density at radius 1 is 1.24 bits per heavy atom. The molecule has 7 nitrogen and oxygen atoms in total. The molecule has 0 aliphatic heterocycles. The Morgan fingerprint density at radius 3 is 2.24 bits per heavy atom. The monoisotopic (exact) mass is 239 g/mol. The highest BCUT2D eigenvalue weighted by Crippen LogP contribution is 2.04. The molecule has 0 rings (SSSR count). The van der Waals surface area contributed by atoms with E-state index >= 15 is 0 Å². The predicted molar refractivity (Wildman–Crippen MR) is 57.3 cm³/mol. The molecule has 0 spiro atoms. The van der Waals surface area contributed by atoms with Gasteiger partial charge in [-0.1, -0.05) is 0 Å². The topological polar surface area (TPSA) is 108 Å². The molecule has 4 amide bonds. The van der Waals surface area contributed by atoms with Gasteiger partial charge in [0.1, 0.15) is 11.8 Å². The summed E-state index contributed by atoms with van der Waals surface area (Å²) in [5.74, 6) is -1.42. The van der Waals surface area contributed by atoms with Gasteiger partial charge in [-0.3, -0.25) is 20.2 Å². The first kappa shape index (κ1) is 14.6. The normalized spacial score (nSPS) is 10.7. The third-order valence-electron chi connectivity index (χ3n) is 1.57. The van der Waals surface area contributed by atoms with Gasteiger partial charge in [0.2, 0.25) is 5.91 Å². The highest BCUT2D eigenvalue weighted by Gasteiger charge is 2.16. The molecule has 0 aromatic rings. The molecular formula is C10H13N3O4. The number of rotatable bonds is 3. The lowest BCUT2D eigenvalue weighted by Crippen LogP contribution is -2.42. The maximum absolute atomic E-state index is 11.4. The molecule has 92 valence electrons. The van der Waals surface area contributed by atoms with Crippen molar-refractivity contribution in [3.05, 3.63) is 11.3 Å². The summed E-state index contributed by atoms with van der Waals surface area (Å²) in [6, 6.07) is 0.636. The minimum atomic E-state index is -0.987. The third kappa shape index (κ3) is 5.32. The van der Waals surface area contributed by atoms with Crippen LogP contribution >= 0.6 is 0 Å². The maximum atomic E-state index is 11.4. The smallest absolute Gasteiger partial charge is 0.328 e. The number of nitrogens with one attached hydrogen (secondary N) is 2. The number of allylic oxidation sites excluding steroid dienone is 1. The molecular weight excluding hydrogens is 226 g/mol. The van der Waals surface area contributed by atoms with Crippen molar-refractivity contribution in [2.45, 2.75) is 20.8 Å². The summed E-state index contributed by atoms with van der Waals surface area (Å²) >= 11 is 0. The zero-order chi connectivity index (χ0) is 13.4. The number of hydrogen-bond acceptors (Lipinski definition) is 5. The summed E-state index contributed by atoms with van der Waals surface area (Å²) in [7, 11) is 0. The Bertz CT molecular complexity index is 406. The maximum Gasteiger partial charge on any atom is 0.328 e. The van der Waals surface area contributed by atoms with Crippen molar-refractivity contribution in [1.82, 2.24) is 10.6 Å². The van der Waals surface area contributed by atoms with E-state index in [1.165, 1.54) is 6.92 Å². The van der Waals surface area contributed by atoms with Crippen LogP contribution in [-0.4, -0.2) is 24.5 Å². The van der Waals surface area contributed by atoms with Gasteiger partial charge in [0.25, 0.3) is 5.91 Å². The largest absolute Gasteiger partial charge is 0.497 e. The minimum absolute atomic E-state index is 0.114. The van der Waals surface area contributed by atoms with Crippen LogP contribution in [-0.2, 0) is 14.3 Å². The Labute approximate surface area is 98.4 Å². The van der Waals surface area contributed by atoms with E-state index in [-0.39, 0.29) is 11.3 Å². The summed E-state index contributed by atoms with van der Waals surface area (Å²) in [4.78, 5) is 33.0. The predicted octanol–water partition coefficient (Wildman–Crippen LogP) is 0.193. The van der Waals surface area contributed by atoms with E-state index in [1.54, 1.807) is 13.0 Å². The fraction of sp³-hybridized carbons (Fsp3) is 0.400. The first-order valence-corrected chi connectivity index (χ1v) is 4.79. The average molecular weight is 239 g/mol. The standard InChI is InChI=1S/C10H13N3O4/c1-4-17-6(2)8(5-11)9(15)13-10(16)12-7(3)14/h4H2,1-3H3,(H2,12,13,14,15,16). The van der Waals surface area contributed by atoms with E-state index in [4.69, 9.17) is 10.00 Å². The van der Waals surface area contributed by atoms with Crippen LogP contribution in [0.5, 0.6) is 0 Å². The van der Waals surface area contributed by atoms with Crippen LogP contribution in [0.3, 0.4) is 0 Å². The van der Waals surface area contributed by atoms with Gasteiger partial charge >= 0.3 is 6.03 Å².